The molecule has 0 atom stereocenters. The highest BCUT2D eigenvalue weighted by molar-refractivity contribution is 6.74. The molecule has 178 valence electrons. The Morgan fingerprint density at radius 3 is 2.47 bits per heavy atom. The summed E-state index contributed by atoms with van der Waals surface area (Å²) in [6, 6.07) is 3.32. The zero-order valence-electron chi connectivity index (χ0n) is 20.1. The minimum Gasteiger partial charge on any atom is -0.482 e. The number of carbonyl (C=O) groups is 2. The summed E-state index contributed by atoms with van der Waals surface area (Å²) in [5.74, 6) is -0.910. The highest BCUT2D eigenvalue weighted by atomic mass is 35.5. The number of amides is 1. The van der Waals surface area contributed by atoms with Gasteiger partial charge in [0, 0.05) is 25.0 Å². The molecule has 9 heteroatoms. The van der Waals surface area contributed by atoms with Crippen LogP contribution in [0.2, 0.25) is 23.2 Å². The van der Waals surface area contributed by atoms with Crippen LogP contribution in [0.5, 0.6) is 5.75 Å². The Morgan fingerprint density at radius 1 is 1.25 bits per heavy atom. The number of ether oxygens (including phenoxy) is 1. The molecule has 0 aliphatic carbocycles. The van der Waals surface area contributed by atoms with E-state index in [1.807, 2.05) is 6.92 Å². The van der Waals surface area contributed by atoms with E-state index in [9.17, 15) is 14.7 Å². The number of aryl methyl sites for hydroxylation is 2. The summed E-state index contributed by atoms with van der Waals surface area (Å²) in [7, 11) is -0.163. The number of carboxylic acids is 1. The van der Waals surface area contributed by atoms with Crippen molar-refractivity contribution < 1.29 is 23.9 Å². The minimum atomic E-state index is -1.85. The Bertz CT molecular complexity index is 995. The number of hydrogen-bond donors (Lipinski definition) is 2. The molecule has 1 aromatic heterocycles. The van der Waals surface area contributed by atoms with Crippen molar-refractivity contribution in [3.05, 3.63) is 28.4 Å². The number of benzene rings is 1. The van der Waals surface area contributed by atoms with Gasteiger partial charge in [0.05, 0.1) is 17.1 Å². The number of aromatic carboxylic acids is 1. The molecule has 1 aromatic carbocycles. The lowest BCUT2D eigenvalue weighted by atomic mass is 10.0. The van der Waals surface area contributed by atoms with Crippen LogP contribution >= 0.6 is 11.6 Å². The molecule has 1 amide bonds. The summed E-state index contributed by atoms with van der Waals surface area (Å²) in [5, 5.41) is 13.6. The normalized spacial score (nSPS) is 12.2. The fraction of sp³-hybridized carbons (Fsp3) is 0.565. The second kappa shape index (κ2) is 10.3. The average molecular weight is 483 g/mol. The predicted molar refractivity (Wildman–Crippen MR) is 131 cm³/mol. The van der Waals surface area contributed by atoms with E-state index in [0.29, 0.717) is 35.9 Å². The lowest BCUT2D eigenvalue weighted by Gasteiger charge is -2.36. The van der Waals surface area contributed by atoms with Gasteiger partial charge in [0.25, 0.3) is 5.91 Å². The first-order valence-corrected chi connectivity index (χ1v) is 14.2. The van der Waals surface area contributed by atoms with Crippen LogP contribution in [0.3, 0.4) is 0 Å². The van der Waals surface area contributed by atoms with Crippen LogP contribution in [0, 0.1) is 0 Å². The molecule has 0 saturated heterocycles. The van der Waals surface area contributed by atoms with Gasteiger partial charge in [0.2, 0.25) is 0 Å². The van der Waals surface area contributed by atoms with Gasteiger partial charge in [-0.05, 0) is 36.2 Å². The number of nitrogens with zero attached hydrogens (tertiary/aromatic N) is 1. The van der Waals surface area contributed by atoms with E-state index < -0.39 is 14.3 Å². The third kappa shape index (κ3) is 5.85. The number of hydrogen-bond acceptors (Lipinski definition) is 4. The van der Waals surface area contributed by atoms with Crippen molar-refractivity contribution in [2.45, 2.75) is 58.7 Å². The Labute approximate surface area is 196 Å². The first-order valence-electron chi connectivity index (χ1n) is 10.9. The molecule has 0 spiro atoms. The largest absolute Gasteiger partial charge is 0.482 e. The summed E-state index contributed by atoms with van der Waals surface area (Å²) in [6.07, 6.45) is 1.51. The summed E-state index contributed by atoms with van der Waals surface area (Å²) in [4.78, 5) is 23.8. The third-order valence-corrected chi connectivity index (χ3v) is 11.1. The van der Waals surface area contributed by atoms with Crippen LogP contribution in [0.1, 0.15) is 50.2 Å². The van der Waals surface area contributed by atoms with Crippen LogP contribution < -0.4 is 10.1 Å². The first-order chi connectivity index (χ1) is 14.8. The maximum Gasteiger partial charge on any atom is 0.352 e. The lowest BCUT2D eigenvalue weighted by molar-refractivity contribution is -0.123. The molecule has 0 aliphatic heterocycles. The van der Waals surface area contributed by atoms with Crippen LogP contribution in [0.4, 0.5) is 0 Å². The maximum atomic E-state index is 12.3. The molecule has 0 bridgehead atoms. The van der Waals surface area contributed by atoms with E-state index in [-0.39, 0.29) is 23.2 Å². The topological polar surface area (TPSA) is 89.8 Å². The molecular weight excluding hydrogens is 448 g/mol. The molecule has 32 heavy (non-hydrogen) atoms. The molecule has 0 unspecified atom stereocenters. The summed E-state index contributed by atoms with van der Waals surface area (Å²) >= 11 is 6.58. The molecule has 2 rings (SSSR count). The molecule has 0 fully saturated rings. The highest BCUT2D eigenvalue weighted by Crippen LogP contribution is 2.38. The predicted octanol–water partition coefficient (Wildman–Crippen LogP) is 5.00. The van der Waals surface area contributed by atoms with E-state index in [1.54, 1.807) is 23.7 Å². The molecule has 2 aromatic rings. The Hall–Kier alpha value is -2.03. The van der Waals surface area contributed by atoms with Crippen molar-refractivity contribution in [2.24, 2.45) is 7.05 Å². The van der Waals surface area contributed by atoms with Gasteiger partial charge in [-0.15, -0.1) is 0 Å². The quantitative estimate of drug-likeness (QED) is 0.367. The number of carboxylic acid groups (broad SMARTS) is 1. The lowest BCUT2D eigenvalue weighted by Crippen LogP contribution is -2.43. The van der Waals surface area contributed by atoms with Crippen molar-refractivity contribution in [3.8, 4) is 5.75 Å². The Balaban J connectivity index is 2.07. The van der Waals surface area contributed by atoms with E-state index in [2.05, 4.69) is 39.2 Å². The fourth-order valence-electron chi connectivity index (χ4n) is 3.20. The van der Waals surface area contributed by atoms with Gasteiger partial charge in [-0.2, -0.15) is 0 Å². The third-order valence-electron chi connectivity index (χ3n) is 6.13. The number of nitrogens with one attached hydrogen (secondary N) is 1. The van der Waals surface area contributed by atoms with Gasteiger partial charge in [0.1, 0.15) is 11.4 Å². The van der Waals surface area contributed by atoms with Crippen LogP contribution in [-0.2, 0) is 22.7 Å². The molecule has 0 radical (unpaired) electrons. The van der Waals surface area contributed by atoms with E-state index >= 15 is 0 Å². The fourth-order valence-corrected chi connectivity index (χ4v) is 4.55. The average Bonchev–Trinajstić information content (AvgIpc) is 3.02. The number of aromatic nitrogens is 1. The van der Waals surface area contributed by atoms with Crippen LogP contribution in [0.25, 0.3) is 10.9 Å². The Kier molecular flexibility index (Phi) is 8.42. The van der Waals surface area contributed by atoms with E-state index in [1.165, 1.54) is 0 Å². The molecular formula is C23H35ClN2O5Si. The smallest absolute Gasteiger partial charge is 0.352 e. The maximum absolute atomic E-state index is 12.3. The SMILES string of the molecule is CCCc1c(Cl)c(OCC(=O)NCCO[Si](C)(C)C(C)(C)C)cc2c1cc(C(=O)O)n2C. The summed E-state index contributed by atoms with van der Waals surface area (Å²) < 4.78 is 13.4. The van der Waals surface area contributed by atoms with Crippen molar-refractivity contribution in [2.75, 3.05) is 19.8 Å². The van der Waals surface area contributed by atoms with Gasteiger partial charge in [0.15, 0.2) is 14.9 Å². The number of rotatable bonds is 10. The van der Waals surface area contributed by atoms with Crippen molar-refractivity contribution in [1.29, 1.82) is 0 Å². The number of fused-ring (bicyclic) bond motifs is 1. The van der Waals surface area contributed by atoms with Crippen LogP contribution in [-0.4, -0.2) is 49.6 Å². The van der Waals surface area contributed by atoms with Gasteiger partial charge in [-0.25, -0.2) is 4.79 Å². The number of carbonyl (C=O) groups excluding carboxylic acids is 1. The highest BCUT2D eigenvalue weighted by Gasteiger charge is 2.36. The zero-order valence-corrected chi connectivity index (χ0v) is 21.9. The zero-order chi connectivity index (χ0) is 24.3. The van der Waals surface area contributed by atoms with Gasteiger partial charge < -0.3 is 24.2 Å². The standard InChI is InChI=1S/C23H35ClN2O5Si/c1-8-9-15-16-12-18(22(28)29)26(5)17(16)13-19(21(15)24)30-14-20(27)25-10-11-31-32(6,7)23(2,3)4/h12-13H,8-11,14H2,1-7H3,(H,25,27)(H,28,29). The van der Waals surface area contributed by atoms with Crippen LogP contribution in [0.15, 0.2) is 12.1 Å². The Morgan fingerprint density at radius 2 is 1.91 bits per heavy atom. The van der Waals surface area contributed by atoms with Gasteiger partial charge in [-0.3, -0.25) is 4.79 Å². The summed E-state index contributed by atoms with van der Waals surface area (Å²) in [5.41, 5.74) is 1.70. The van der Waals surface area contributed by atoms with Crippen molar-refractivity contribution in [1.82, 2.24) is 9.88 Å². The van der Waals surface area contributed by atoms with Gasteiger partial charge >= 0.3 is 5.97 Å². The molecule has 0 aliphatic rings. The first kappa shape index (κ1) is 26.2. The minimum absolute atomic E-state index is 0.114. The number of halogens is 1. The molecule has 7 nitrogen and oxygen atoms in total. The second-order valence-corrected chi connectivity index (χ2v) is 14.7. The van der Waals surface area contributed by atoms with E-state index in [4.69, 9.17) is 20.8 Å². The second-order valence-electron chi connectivity index (χ2n) is 9.49. The van der Waals surface area contributed by atoms with Gasteiger partial charge in [-0.1, -0.05) is 45.7 Å². The van der Waals surface area contributed by atoms with Crippen molar-refractivity contribution >= 4 is 42.7 Å². The summed E-state index contributed by atoms with van der Waals surface area (Å²) in [6.45, 7) is 13.6. The van der Waals surface area contributed by atoms with Crippen molar-refractivity contribution in [3.63, 3.8) is 0 Å². The molecule has 2 N–H and O–H groups in total. The monoisotopic (exact) mass is 482 g/mol. The molecule has 1 heterocycles. The molecule has 0 saturated carbocycles. The van der Waals surface area contributed by atoms with E-state index in [0.717, 1.165) is 17.4 Å².